The topological polar surface area (TPSA) is 79.9 Å². The van der Waals surface area contributed by atoms with E-state index in [9.17, 15) is 9.59 Å². The predicted octanol–water partition coefficient (Wildman–Crippen LogP) is 3.46. The van der Waals surface area contributed by atoms with Gasteiger partial charge in [0.25, 0.3) is 5.91 Å². The van der Waals surface area contributed by atoms with Crippen LogP contribution in [0.1, 0.15) is 22.8 Å². The summed E-state index contributed by atoms with van der Waals surface area (Å²) < 4.78 is 10.8. The third-order valence-corrected chi connectivity index (χ3v) is 4.19. The summed E-state index contributed by atoms with van der Waals surface area (Å²) in [7, 11) is 5.44. The van der Waals surface area contributed by atoms with Gasteiger partial charge in [-0.1, -0.05) is 18.2 Å². The molecule has 0 bridgehead atoms. The van der Waals surface area contributed by atoms with Gasteiger partial charge in [0, 0.05) is 19.2 Å². The second-order valence-electron chi connectivity index (χ2n) is 6.77. The van der Waals surface area contributed by atoms with E-state index < -0.39 is 0 Å². The fourth-order valence-corrected chi connectivity index (χ4v) is 2.69. The number of halogens is 1. The molecule has 0 aliphatic rings. The molecule has 8 heteroatoms. The van der Waals surface area contributed by atoms with Crippen LogP contribution in [0.2, 0.25) is 0 Å². The highest BCUT2D eigenvalue weighted by Gasteiger charge is 2.12. The van der Waals surface area contributed by atoms with Gasteiger partial charge in [0.1, 0.15) is 0 Å². The third kappa shape index (κ3) is 8.32. The van der Waals surface area contributed by atoms with E-state index in [4.69, 9.17) is 9.47 Å². The van der Waals surface area contributed by atoms with Gasteiger partial charge >= 0.3 is 0 Å². The van der Waals surface area contributed by atoms with Crippen LogP contribution in [0.3, 0.4) is 0 Å². The van der Waals surface area contributed by atoms with Gasteiger partial charge in [-0.15, -0.1) is 12.4 Å². The van der Waals surface area contributed by atoms with E-state index in [2.05, 4.69) is 10.6 Å². The van der Waals surface area contributed by atoms with Gasteiger partial charge in [-0.2, -0.15) is 0 Å². The molecule has 7 nitrogen and oxygen atoms in total. The largest absolute Gasteiger partial charge is 0.493 e. The summed E-state index contributed by atoms with van der Waals surface area (Å²) in [5, 5.41) is 5.62. The minimum atomic E-state index is -0.337. The smallest absolute Gasteiger partial charge is 0.253 e. The number of hydrogen-bond donors (Lipinski definition) is 2. The number of carbonyl (C=O) groups is 2. The number of hydrogen-bond acceptors (Lipinski definition) is 5. The standard InChI is InChI=1S/C23H29N3O4.ClH/c1-5-30-20-12-10-17(16-21(20)29-4)11-13-22(27)25-19-9-7-6-8-18(19)23(28)24-14-15-26(2)3;/h6-13,16H,5,14-15H2,1-4H3,(H,24,28)(H,25,27);1H/b13-11+;. The molecule has 168 valence electrons. The summed E-state index contributed by atoms with van der Waals surface area (Å²) >= 11 is 0. The molecule has 2 N–H and O–H groups in total. The molecule has 0 unspecified atom stereocenters. The molecular formula is C23H30ClN3O4. The highest BCUT2D eigenvalue weighted by molar-refractivity contribution is 6.07. The van der Waals surface area contributed by atoms with Crippen molar-refractivity contribution in [1.82, 2.24) is 10.2 Å². The maximum absolute atomic E-state index is 12.4. The molecule has 2 rings (SSSR count). The summed E-state index contributed by atoms with van der Waals surface area (Å²) in [5.41, 5.74) is 1.67. The zero-order valence-electron chi connectivity index (χ0n) is 18.3. The number of anilines is 1. The number of likely N-dealkylation sites (N-methyl/N-ethyl adjacent to an activating group) is 1. The molecule has 0 saturated heterocycles. The summed E-state index contributed by atoms with van der Waals surface area (Å²) in [5.74, 6) is 0.680. The second kappa shape index (κ2) is 13.3. The molecule has 2 aromatic rings. The Bertz CT molecular complexity index is 900. The fraction of sp³-hybridized carbons (Fsp3) is 0.304. The van der Waals surface area contributed by atoms with Gasteiger partial charge in [0.15, 0.2) is 11.5 Å². The average molecular weight is 448 g/mol. The number of amides is 2. The molecule has 0 spiro atoms. The Balaban J connectivity index is 0.00000480. The van der Waals surface area contributed by atoms with Gasteiger partial charge in [-0.3, -0.25) is 9.59 Å². The van der Waals surface area contributed by atoms with Crippen LogP contribution in [0.4, 0.5) is 5.69 Å². The van der Waals surface area contributed by atoms with Crippen LogP contribution in [0.15, 0.2) is 48.5 Å². The Kier molecular flexibility index (Phi) is 11.2. The van der Waals surface area contributed by atoms with Crippen LogP contribution in [-0.4, -0.2) is 57.6 Å². The molecular weight excluding hydrogens is 418 g/mol. The number of nitrogens with one attached hydrogen (secondary N) is 2. The van der Waals surface area contributed by atoms with E-state index in [0.717, 1.165) is 12.1 Å². The van der Waals surface area contributed by atoms with Gasteiger partial charge in [-0.25, -0.2) is 0 Å². The molecule has 0 saturated carbocycles. The fourth-order valence-electron chi connectivity index (χ4n) is 2.69. The lowest BCUT2D eigenvalue weighted by atomic mass is 10.1. The maximum Gasteiger partial charge on any atom is 0.253 e. The van der Waals surface area contributed by atoms with E-state index in [1.165, 1.54) is 6.08 Å². The third-order valence-electron chi connectivity index (χ3n) is 4.19. The van der Waals surface area contributed by atoms with Crippen molar-refractivity contribution in [3.8, 4) is 11.5 Å². The highest BCUT2D eigenvalue weighted by Crippen LogP contribution is 2.28. The van der Waals surface area contributed by atoms with Crippen molar-refractivity contribution in [3.63, 3.8) is 0 Å². The number of methoxy groups -OCH3 is 1. The van der Waals surface area contributed by atoms with Crippen molar-refractivity contribution >= 4 is 36.0 Å². The number of ether oxygens (including phenoxy) is 2. The SMILES string of the molecule is CCOc1ccc(/C=C/C(=O)Nc2ccccc2C(=O)NCCN(C)C)cc1OC.Cl. The van der Waals surface area contributed by atoms with Gasteiger partial charge in [-0.05, 0) is 56.9 Å². The molecule has 0 atom stereocenters. The summed E-state index contributed by atoms with van der Waals surface area (Å²) in [6, 6.07) is 12.3. The molecule has 0 aliphatic carbocycles. The number of benzene rings is 2. The maximum atomic E-state index is 12.4. The lowest BCUT2D eigenvalue weighted by Gasteiger charge is -2.12. The van der Waals surface area contributed by atoms with Crippen molar-refractivity contribution in [2.45, 2.75) is 6.92 Å². The summed E-state index contributed by atoms with van der Waals surface area (Å²) in [6.07, 6.45) is 3.09. The Labute approximate surface area is 189 Å². The van der Waals surface area contributed by atoms with E-state index in [-0.39, 0.29) is 24.2 Å². The van der Waals surface area contributed by atoms with Crippen LogP contribution >= 0.6 is 12.4 Å². The first-order chi connectivity index (χ1) is 14.4. The van der Waals surface area contributed by atoms with E-state index in [1.54, 1.807) is 49.6 Å². The van der Waals surface area contributed by atoms with E-state index >= 15 is 0 Å². The lowest BCUT2D eigenvalue weighted by molar-refractivity contribution is -0.111. The van der Waals surface area contributed by atoms with Crippen LogP contribution in [0.5, 0.6) is 11.5 Å². The number of para-hydroxylation sites is 1. The van der Waals surface area contributed by atoms with Gasteiger partial charge in [0.05, 0.1) is 25.0 Å². The Morgan fingerprint density at radius 3 is 2.52 bits per heavy atom. The average Bonchev–Trinajstić information content (AvgIpc) is 2.73. The van der Waals surface area contributed by atoms with Crippen molar-refractivity contribution < 1.29 is 19.1 Å². The van der Waals surface area contributed by atoms with Gasteiger partial charge < -0.3 is 25.0 Å². The Hall–Kier alpha value is -3.03. The normalized spacial score (nSPS) is 10.5. The zero-order chi connectivity index (χ0) is 21.9. The summed E-state index contributed by atoms with van der Waals surface area (Å²) in [6.45, 7) is 3.69. The first-order valence-corrected chi connectivity index (χ1v) is 9.76. The zero-order valence-corrected chi connectivity index (χ0v) is 19.1. The van der Waals surface area contributed by atoms with E-state index in [0.29, 0.717) is 35.9 Å². The van der Waals surface area contributed by atoms with Crippen LogP contribution in [0, 0.1) is 0 Å². The van der Waals surface area contributed by atoms with Crippen LogP contribution in [-0.2, 0) is 4.79 Å². The van der Waals surface area contributed by atoms with Crippen LogP contribution < -0.4 is 20.1 Å². The molecule has 0 aliphatic heterocycles. The summed E-state index contributed by atoms with van der Waals surface area (Å²) in [4.78, 5) is 26.8. The first kappa shape index (κ1) is 26.0. The molecule has 0 fully saturated rings. The quantitative estimate of drug-likeness (QED) is 0.545. The number of nitrogens with zero attached hydrogens (tertiary/aromatic N) is 1. The van der Waals surface area contributed by atoms with Crippen molar-refractivity contribution in [2.24, 2.45) is 0 Å². The highest BCUT2D eigenvalue weighted by atomic mass is 35.5. The molecule has 2 amide bonds. The predicted molar refractivity (Wildman–Crippen MR) is 126 cm³/mol. The second-order valence-corrected chi connectivity index (χ2v) is 6.77. The Morgan fingerprint density at radius 2 is 1.84 bits per heavy atom. The molecule has 31 heavy (non-hydrogen) atoms. The van der Waals surface area contributed by atoms with Crippen molar-refractivity contribution in [1.29, 1.82) is 0 Å². The lowest BCUT2D eigenvalue weighted by Crippen LogP contribution is -2.31. The van der Waals surface area contributed by atoms with Crippen LogP contribution in [0.25, 0.3) is 6.08 Å². The molecule has 0 radical (unpaired) electrons. The first-order valence-electron chi connectivity index (χ1n) is 9.76. The van der Waals surface area contributed by atoms with Crippen molar-refractivity contribution in [2.75, 3.05) is 46.2 Å². The van der Waals surface area contributed by atoms with Gasteiger partial charge in [0.2, 0.25) is 5.91 Å². The molecule has 0 heterocycles. The number of carbonyl (C=O) groups excluding carboxylic acids is 2. The van der Waals surface area contributed by atoms with Crippen molar-refractivity contribution in [3.05, 3.63) is 59.7 Å². The monoisotopic (exact) mass is 447 g/mol. The number of rotatable bonds is 10. The molecule has 0 aromatic heterocycles. The molecule has 2 aromatic carbocycles. The Morgan fingerprint density at radius 1 is 1.10 bits per heavy atom. The minimum Gasteiger partial charge on any atom is -0.493 e. The van der Waals surface area contributed by atoms with E-state index in [1.807, 2.05) is 32.0 Å². The minimum absolute atomic E-state index is 0.